The first-order valence-corrected chi connectivity index (χ1v) is 10.9. The van der Waals surface area contributed by atoms with Gasteiger partial charge in [-0.2, -0.15) is 0 Å². The third-order valence-corrected chi connectivity index (χ3v) is 6.23. The van der Waals surface area contributed by atoms with Gasteiger partial charge in [0.2, 0.25) is 11.8 Å². The van der Waals surface area contributed by atoms with Crippen LogP contribution in [0, 0.1) is 11.7 Å². The Labute approximate surface area is 173 Å². The van der Waals surface area contributed by atoms with Gasteiger partial charge in [0, 0.05) is 26.2 Å². The normalized spacial score (nSPS) is 22.4. The third-order valence-electron chi connectivity index (χ3n) is 6.23. The summed E-state index contributed by atoms with van der Waals surface area (Å²) in [6, 6.07) is 6.26. The van der Waals surface area contributed by atoms with Crippen LogP contribution in [0.15, 0.2) is 24.3 Å². The molecule has 0 bridgehead atoms. The number of likely N-dealkylation sites (tertiary alicyclic amines) is 1. The fourth-order valence-corrected chi connectivity index (χ4v) is 4.62. The summed E-state index contributed by atoms with van der Waals surface area (Å²) >= 11 is 0. The molecule has 6 heteroatoms. The third kappa shape index (κ3) is 4.80. The molecule has 2 fully saturated rings. The van der Waals surface area contributed by atoms with Crippen LogP contribution in [0.1, 0.15) is 58.4 Å². The Morgan fingerprint density at radius 3 is 2.59 bits per heavy atom. The average molecular weight is 404 g/mol. The van der Waals surface area contributed by atoms with E-state index >= 15 is 0 Å². The number of hydrogen-bond acceptors (Lipinski definition) is 3. The number of nitrogens with one attached hydrogen (secondary N) is 1. The van der Waals surface area contributed by atoms with Gasteiger partial charge in [-0.3, -0.25) is 14.5 Å². The first-order valence-electron chi connectivity index (χ1n) is 10.9. The minimum absolute atomic E-state index is 0.00394. The van der Waals surface area contributed by atoms with E-state index in [1.165, 1.54) is 6.07 Å². The Bertz CT molecular complexity index is 729. The summed E-state index contributed by atoms with van der Waals surface area (Å²) in [5, 5.41) is 3.04. The Morgan fingerprint density at radius 2 is 1.97 bits per heavy atom. The number of unbranched alkanes of at least 4 members (excludes halogenated alkanes) is 1. The molecule has 0 aliphatic carbocycles. The van der Waals surface area contributed by atoms with Crippen molar-refractivity contribution in [2.45, 2.75) is 71.0 Å². The molecular weight excluding hydrogens is 369 g/mol. The summed E-state index contributed by atoms with van der Waals surface area (Å²) in [5.41, 5.74) is 0.197. The summed E-state index contributed by atoms with van der Waals surface area (Å²) in [6.45, 7) is 8.99. The molecule has 2 saturated heterocycles. The average Bonchev–Trinajstić information content (AvgIpc) is 2.67. The van der Waals surface area contributed by atoms with Crippen molar-refractivity contribution in [3.8, 4) is 0 Å². The molecule has 2 heterocycles. The summed E-state index contributed by atoms with van der Waals surface area (Å²) in [5.74, 6) is 0.198. The van der Waals surface area contributed by atoms with Crippen LogP contribution >= 0.6 is 0 Å². The lowest BCUT2D eigenvalue weighted by Gasteiger charge is -2.52. The molecule has 160 valence electrons. The molecule has 3 rings (SSSR count). The molecule has 1 unspecified atom stereocenters. The maximum absolute atomic E-state index is 13.5. The largest absolute Gasteiger partial charge is 0.342 e. The topological polar surface area (TPSA) is 52.7 Å². The lowest BCUT2D eigenvalue weighted by atomic mass is 9.80. The number of piperazine rings is 1. The summed E-state index contributed by atoms with van der Waals surface area (Å²) in [4.78, 5) is 30.6. The SMILES string of the molecule is CCCCN1C(=O)C(CC(C)C)NC(=O)C12CCN(Cc1cccc(F)c1)CC2. The second-order valence-corrected chi connectivity index (χ2v) is 8.94. The number of benzene rings is 1. The summed E-state index contributed by atoms with van der Waals surface area (Å²) in [6.07, 6.45) is 3.81. The van der Waals surface area contributed by atoms with Crippen LogP contribution in [-0.4, -0.2) is 52.8 Å². The van der Waals surface area contributed by atoms with E-state index in [2.05, 4.69) is 31.0 Å². The molecule has 1 aromatic carbocycles. The highest BCUT2D eigenvalue weighted by molar-refractivity contribution is 6.00. The molecule has 2 aliphatic heterocycles. The quantitative estimate of drug-likeness (QED) is 0.760. The number of hydrogen-bond donors (Lipinski definition) is 1. The minimum Gasteiger partial charge on any atom is -0.342 e. The van der Waals surface area contributed by atoms with Gasteiger partial charge < -0.3 is 10.2 Å². The van der Waals surface area contributed by atoms with E-state index in [4.69, 9.17) is 0 Å². The molecule has 0 radical (unpaired) electrons. The van der Waals surface area contributed by atoms with Crippen LogP contribution in [0.4, 0.5) is 4.39 Å². The lowest BCUT2D eigenvalue weighted by Crippen LogP contribution is -2.73. The number of rotatable bonds is 7. The van der Waals surface area contributed by atoms with Crippen LogP contribution in [0.25, 0.3) is 0 Å². The molecule has 5 nitrogen and oxygen atoms in total. The smallest absolute Gasteiger partial charge is 0.246 e. The van der Waals surface area contributed by atoms with Gasteiger partial charge in [-0.1, -0.05) is 39.3 Å². The summed E-state index contributed by atoms with van der Waals surface area (Å²) < 4.78 is 13.5. The van der Waals surface area contributed by atoms with E-state index in [0.29, 0.717) is 51.4 Å². The highest BCUT2D eigenvalue weighted by atomic mass is 19.1. The van der Waals surface area contributed by atoms with Crippen molar-refractivity contribution in [2.75, 3.05) is 19.6 Å². The van der Waals surface area contributed by atoms with E-state index in [1.54, 1.807) is 12.1 Å². The Balaban J connectivity index is 1.73. The van der Waals surface area contributed by atoms with Crippen LogP contribution in [0.2, 0.25) is 0 Å². The minimum atomic E-state index is -0.738. The maximum Gasteiger partial charge on any atom is 0.246 e. The van der Waals surface area contributed by atoms with Crippen LogP contribution < -0.4 is 5.32 Å². The van der Waals surface area contributed by atoms with Gasteiger partial charge in [-0.25, -0.2) is 4.39 Å². The number of carbonyl (C=O) groups is 2. The molecule has 29 heavy (non-hydrogen) atoms. The molecule has 1 spiro atoms. The predicted molar refractivity (Wildman–Crippen MR) is 112 cm³/mol. The molecule has 0 saturated carbocycles. The van der Waals surface area contributed by atoms with E-state index in [9.17, 15) is 14.0 Å². The monoisotopic (exact) mass is 403 g/mol. The molecule has 1 atom stereocenters. The number of amides is 2. The molecule has 1 N–H and O–H groups in total. The Morgan fingerprint density at radius 1 is 1.24 bits per heavy atom. The number of halogens is 1. The zero-order valence-electron chi connectivity index (χ0n) is 17.9. The van der Waals surface area contributed by atoms with E-state index in [-0.39, 0.29) is 17.6 Å². The maximum atomic E-state index is 13.5. The van der Waals surface area contributed by atoms with E-state index < -0.39 is 11.6 Å². The van der Waals surface area contributed by atoms with Crippen molar-refractivity contribution in [3.63, 3.8) is 0 Å². The van der Waals surface area contributed by atoms with Gasteiger partial charge in [0.15, 0.2) is 0 Å². The zero-order valence-corrected chi connectivity index (χ0v) is 17.9. The van der Waals surface area contributed by atoms with Gasteiger partial charge in [0.05, 0.1) is 0 Å². The molecule has 0 aromatic heterocycles. The number of nitrogens with zero attached hydrogens (tertiary/aromatic N) is 2. The summed E-state index contributed by atoms with van der Waals surface area (Å²) in [7, 11) is 0. The highest BCUT2D eigenvalue weighted by Crippen LogP contribution is 2.34. The first-order chi connectivity index (χ1) is 13.9. The predicted octanol–water partition coefficient (Wildman–Crippen LogP) is 3.33. The molecular formula is C23H34FN3O2. The van der Waals surface area contributed by atoms with Gasteiger partial charge in [-0.15, -0.1) is 0 Å². The molecule has 2 amide bonds. The van der Waals surface area contributed by atoms with Crippen molar-refractivity contribution >= 4 is 11.8 Å². The van der Waals surface area contributed by atoms with Gasteiger partial charge >= 0.3 is 0 Å². The van der Waals surface area contributed by atoms with Crippen LogP contribution in [0.5, 0.6) is 0 Å². The van der Waals surface area contributed by atoms with Crippen molar-refractivity contribution < 1.29 is 14.0 Å². The van der Waals surface area contributed by atoms with Gasteiger partial charge in [-0.05, 0) is 49.3 Å². The number of piperidine rings is 1. The molecule has 2 aliphatic rings. The fourth-order valence-electron chi connectivity index (χ4n) is 4.62. The van der Waals surface area contributed by atoms with Crippen LogP contribution in [-0.2, 0) is 16.1 Å². The van der Waals surface area contributed by atoms with Gasteiger partial charge in [0.25, 0.3) is 0 Å². The van der Waals surface area contributed by atoms with Crippen molar-refractivity contribution in [1.29, 1.82) is 0 Å². The number of carbonyl (C=O) groups excluding carboxylic acids is 2. The Hall–Kier alpha value is -1.95. The lowest BCUT2D eigenvalue weighted by molar-refractivity contribution is -0.161. The Kier molecular flexibility index (Phi) is 6.93. The van der Waals surface area contributed by atoms with E-state index in [0.717, 1.165) is 18.4 Å². The second kappa shape index (κ2) is 9.24. The highest BCUT2D eigenvalue weighted by Gasteiger charge is 2.53. The van der Waals surface area contributed by atoms with E-state index in [1.807, 2.05) is 11.0 Å². The molecule has 1 aromatic rings. The van der Waals surface area contributed by atoms with Gasteiger partial charge in [0.1, 0.15) is 17.4 Å². The van der Waals surface area contributed by atoms with Crippen LogP contribution in [0.3, 0.4) is 0 Å². The van der Waals surface area contributed by atoms with Crippen molar-refractivity contribution in [1.82, 2.24) is 15.1 Å². The van der Waals surface area contributed by atoms with Crippen molar-refractivity contribution in [2.24, 2.45) is 5.92 Å². The van der Waals surface area contributed by atoms with Crippen molar-refractivity contribution in [3.05, 3.63) is 35.6 Å². The standard InChI is InChI=1S/C23H34FN3O2/c1-4-5-11-27-21(28)20(14-17(2)3)25-22(29)23(27)9-12-26(13-10-23)16-18-7-6-8-19(24)15-18/h6-8,15,17,20H,4-5,9-14,16H2,1-3H3,(H,25,29). The zero-order chi connectivity index (χ0) is 21.0. The second-order valence-electron chi connectivity index (χ2n) is 8.94. The fraction of sp³-hybridized carbons (Fsp3) is 0.652. The first kappa shape index (κ1) is 21.8.